The molecule has 0 aromatic heterocycles. The van der Waals surface area contributed by atoms with E-state index >= 15 is 0 Å². The molecule has 0 unspecified atom stereocenters. The number of carboxylic acids is 1. The van der Waals surface area contributed by atoms with Gasteiger partial charge in [0.2, 0.25) is 10.0 Å². The van der Waals surface area contributed by atoms with Crippen LogP contribution in [0.5, 0.6) is 0 Å². The zero-order chi connectivity index (χ0) is 14.1. The van der Waals surface area contributed by atoms with Crippen LogP contribution in [0.25, 0.3) is 0 Å². The van der Waals surface area contributed by atoms with Gasteiger partial charge in [-0.1, -0.05) is 0 Å². The molecule has 0 bridgehead atoms. The summed E-state index contributed by atoms with van der Waals surface area (Å²) in [5.74, 6) is -1.95. The molecule has 0 radical (unpaired) electrons. The maximum Gasteiger partial charge on any atom is 0.321 e. The molecule has 0 fully saturated rings. The Morgan fingerprint density at radius 1 is 1.39 bits per heavy atom. The molecule has 0 aliphatic carbocycles. The Morgan fingerprint density at radius 2 is 1.94 bits per heavy atom. The summed E-state index contributed by atoms with van der Waals surface area (Å²) >= 11 is 0. The zero-order valence-corrected chi connectivity index (χ0v) is 11.0. The predicted octanol–water partition coefficient (Wildman–Crippen LogP) is 1.23. The Kier molecular flexibility index (Phi) is 4.08. The average Bonchev–Trinajstić information content (AvgIpc) is 2.25. The molecule has 1 N–H and O–H groups in total. The minimum Gasteiger partial charge on any atom is -0.480 e. The highest BCUT2D eigenvalue weighted by Crippen LogP contribution is 2.19. The molecular weight excluding hydrogens is 261 g/mol. The molecule has 0 amide bonds. The Labute approximate surface area is 105 Å². The van der Waals surface area contributed by atoms with Gasteiger partial charge >= 0.3 is 5.97 Å². The molecule has 0 aliphatic rings. The number of hydrogen-bond donors (Lipinski definition) is 1. The van der Waals surface area contributed by atoms with Gasteiger partial charge in [0, 0.05) is 7.05 Å². The number of carboxylic acid groups (broad SMARTS) is 1. The number of halogens is 1. The Bertz CT molecular complexity index is 550. The van der Waals surface area contributed by atoms with E-state index in [0.29, 0.717) is 9.87 Å². The maximum absolute atomic E-state index is 13.2. The molecule has 5 nitrogen and oxygen atoms in total. The molecule has 0 heterocycles. The van der Waals surface area contributed by atoms with Gasteiger partial charge in [-0.3, -0.25) is 4.79 Å². The fraction of sp³-hybridized carbons (Fsp3) is 0.364. The number of aliphatic carboxylic acids is 1. The van der Waals surface area contributed by atoms with Crippen LogP contribution in [0.2, 0.25) is 0 Å². The first-order valence-electron chi connectivity index (χ1n) is 5.14. The van der Waals surface area contributed by atoms with Crippen LogP contribution in [0.1, 0.15) is 12.5 Å². The highest BCUT2D eigenvalue weighted by molar-refractivity contribution is 7.89. The van der Waals surface area contributed by atoms with E-state index in [1.165, 1.54) is 19.1 Å². The Morgan fingerprint density at radius 3 is 2.39 bits per heavy atom. The third-order valence-corrected chi connectivity index (χ3v) is 4.50. The van der Waals surface area contributed by atoms with Gasteiger partial charge < -0.3 is 5.11 Å². The van der Waals surface area contributed by atoms with Crippen LogP contribution in [-0.4, -0.2) is 36.9 Å². The number of aryl methyl sites for hydroxylation is 1. The van der Waals surface area contributed by atoms with Gasteiger partial charge in [0.25, 0.3) is 0 Å². The highest BCUT2D eigenvalue weighted by Gasteiger charge is 2.29. The van der Waals surface area contributed by atoms with Crippen LogP contribution >= 0.6 is 0 Å². The molecule has 0 saturated carbocycles. The van der Waals surface area contributed by atoms with Crippen molar-refractivity contribution in [3.8, 4) is 0 Å². The second kappa shape index (κ2) is 5.03. The van der Waals surface area contributed by atoms with Gasteiger partial charge in [0.1, 0.15) is 11.9 Å². The molecule has 1 rings (SSSR count). The molecule has 0 spiro atoms. The average molecular weight is 275 g/mol. The Hall–Kier alpha value is -1.47. The predicted molar refractivity (Wildman–Crippen MR) is 63.2 cm³/mol. The second-order valence-corrected chi connectivity index (χ2v) is 6.00. The summed E-state index contributed by atoms with van der Waals surface area (Å²) in [6.07, 6.45) is 0. The van der Waals surface area contributed by atoms with Gasteiger partial charge in [-0.15, -0.1) is 0 Å². The topological polar surface area (TPSA) is 74.7 Å². The van der Waals surface area contributed by atoms with E-state index in [1.807, 2.05) is 0 Å². The van der Waals surface area contributed by atoms with Crippen LogP contribution in [-0.2, 0) is 14.8 Å². The molecule has 1 atom stereocenters. The number of carbonyl (C=O) groups is 1. The standard InChI is InChI=1S/C11H14FNO4S/c1-7-4-9(12)6-10(5-7)18(16,17)13(3)8(2)11(14)15/h4-6,8H,1-3H3,(H,14,15)/t8-/m0/s1. The largest absolute Gasteiger partial charge is 0.480 e. The molecule has 0 aliphatic heterocycles. The minimum absolute atomic E-state index is 0.254. The van der Waals surface area contributed by atoms with Crippen molar-refractivity contribution < 1.29 is 22.7 Å². The fourth-order valence-corrected chi connectivity index (χ4v) is 2.82. The van der Waals surface area contributed by atoms with Crippen molar-refractivity contribution in [2.75, 3.05) is 7.05 Å². The lowest BCUT2D eigenvalue weighted by atomic mass is 10.2. The van der Waals surface area contributed by atoms with Crippen molar-refractivity contribution in [3.05, 3.63) is 29.6 Å². The zero-order valence-electron chi connectivity index (χ0n) is 10.2. The van der Waals surface area contributed by atoms with E-state index in [9.17, 15) is 17.6 Å². The lowest BCUT2D eigenvalue weighted by Gasteiger charge is -2.21. The van der Waals surface area contributed by atoms with E-state index in [-0.39, 0.29) is 4.90 Å². The van der Waals surface area contributed by atoms with Gasteiger partial charge in [-0.05, 0) is 37.6 Å². The fourth-order valence-electron chi connectivity index (χ4n) is 1.38. The maximum atomic E-state index is 13.2. The lowest BCUT2D eigenvalue weighted by Crippen LogP contribution is -2.40. The Balaban J connectivity index is 3.25. The third-order valence-electron chi connectivity index (χ3n) is 2.60. The molecule has 0 saturated heterocycles. The highest BCUT2D eigenvalue weighted by atomic mass is 32.2. The number of hydrogen-bond acceptors (Lipinski definition) is 3. The normalized spacial score (nSPS) is 13.6. The summed E-state index contributed by atoms with van der Waals surface area (Å²) in [6, 6.07) is 2.13. The number of benzene rings is 1. The van der Waals surface area contributed by atoms with Crippen molar-refractivity contribution in [2.45, 2.75) is 24.8 Å². The van der Waals surface area contributed by atoms with Crippen molar-refractivity contribution >= 4 is 16.0 Å². The molecule has 7 heteroatoms. The number of nitrogens with zero attached hydrogens (tertiary/aromatic N) is 1. The summed E-state index contributed by atoms with van der Waals surface area (Å²) in [7, 11) is -2.87. The number of rotatable bonds is 4. The smallest absolute Gasteiger partial charge is 0.321 e. The summed E-state index contributed by atoms with van der Waals surface area (Å²) in [6.45, 7) is 2.80. The van der Waals surface area contributed by atoms with E-state index in [4.69, 9.17) is 5.11 Å². The van der Waals surface area contributed by atoms with Crippen molar-refractivity contribution in [1.82, 2.24) is 4.31 Å². The van der Waals surface area contributed by atoms with Gasteiger partial charge in [0.15, 0.2) is 0 Å². The first-order valence-corrected chi connectivity index (χ1v) is 6.58. The van der Waals surface area contributed by atoms with Crippen LogP contribution in [0.3, 0.4) is 0 Å². The van der Waals surface area contributed by atoms with Crippen LogP contribution in [0, 0.1) is 12.7 Å². The van der Waals surface area contributed by atoms with E-state index in [1.54, 1.807) is 6.92 Å². The molecule has 1 aromatic rings. The number of sulfonamides is 1. The van der Waals surface area contributed by atoms with Crippen molar-refractivity contribution in [2.24, 2.45) is 0 Å². The van der Waals surface area contributed by atoms with E-state index in [0.717, 1.165) is 13.1 Å². The van der Waals surface area contributed by atoms with Crippen LogP contribution in [0.4, 0.5) is 4.39 Å². The van der Waals surface area contributed by atoms with Crippen molar-refractivity contribution in [3.63, 3.8) is 0 Å². The molecule has 18 heavy (non-hydrogen) atoms. The van der Waals surface area contributed by atoms with Crippen LogP contribution < -0.4 is 0 Å². The summed E-state index contributed by atoms with van der Waals surface area (Å²) in [5, 5.41) is 8.79. The van der Waals surface area contributed by atoms with Gasteiger partial charge in [-0.2, -0.15) is 4.31 Å². The second-order valence-electron chi connectivity index (χ2n) is 4.00. The third kappa shape index (κ3) is 2.85. The SMILES string of the molecule is Cc1cc(F)cc(S(=O)(=O)N(C)[C@@H](C)C(=O)O)c1. The quantitative estimate of drug-likeness (QED) is 0.896. The van der Waals surface area contributed by atoms with E-state index < -0.39 is 27.9 Å². The molecule has 1 aromatic carbocycles. The lowest BCUT2D eigenvalue weighted by molar-refractivity contribution is -0.140. The number of likely N-dealkylation sites (N-methyl/N-ethyl adjacent to an activating group) is 1. The first kappa shape index (κ1) is 14.6. The first-order chi connectivity index (χ1) is 8.16. The monoisotopic (exact) mass is 275 g/mol. The summed E-state index contributed by atoms with van der Waals surface area (Å²) < 4.78 is 38.0. The van der Waals surface area contributed by atoms with Gasteiger partial charge in [0.05, 0.1) is 4.90 Å². The minimum atomic E-state index is -4.02. The van der Waals surface area contributed by atoms with Crippen LogP contribution in [0.15, 0.2) is 23.1 Å². The summed E-state index contributed by atoms with van der Waals surface area (Å²) in [5.41, 5.74) is 0.449. The van der Waals surface area contributed by atoms with E-state index in [2.05, 4.69) is 0 Å². The molecular formula is C11H14FNO4S. The summed E-state index contributed by atoms with van der Waals surface area (Å²) in [4.78, 5) is 10.5. The van der Waals surface area contributed by atoms with Gasteiger partial charge in [-0.25, -0.2) is 12.8 Å². The molecule has 100 valence electrons. The van der Waals surface area contributed by atoms with Crippen molar-refractivity contribution in [1.29, 1.82) is 0 Å².